The van der Waals surface area contributed by atoms with E-state index in [0.29, 0.717) is 6.42 Å². The number of anilines is 1. The second-order valence-corrected chi connectivity index (χ2v) is 8.77. The Balaban J connectivity index is 2.68. The molecule has 30 heavy (non-hydrogen) atoms. The van der Waals surface area contributed by atoms with Gasteiger partial charge < -0.3 is 14.8 Å². The van der Waals surface area contributed by atoms with Gasteiger partial charge in [0, 0.05) is 17.7 Å². The summed E-state index contributed by atoms with van der Waals surface area (Å²) in [5.74, 6) is -0.496. The normalized spacial score (nSPS) is 12.2. The van der Waals surface area contributed by atoms with Crippen LogP contribution in [0.25, 0.3) is 0 Å². The maximum absolute atomic E-state index is 14.2. The van der Waals surface area contributed by atoms with Crippen molar-refractivity contribution in [3.05, 3.63) is 53.3 Å². The summed E-state index contributed by atoms with van der Waals surface area (Å²) in [4.78, 5) is 13.0. The van der Waals surface area contributed by atoms with Crippen LogP contribution in [0.4, 0.5) is 10.1 Å². The zero-order valence-electron chi connectivity index (χ0n) is 17.7. The minimum Gasteiger partial charge on any atom is -0.493 e. The Hall–Kier alpha value is -2.81. The molecule has 1 unspecified atom stereocenters. The number of nitrogens with zero attached hydrogens (tertiary/aromatic N) is 1. The molecule has 0 spiro atoms. The Kier molecular flexibility index (Phi) is 7.66. The lowest BCUT2D eigenvalue weighted by atomic mass is 10.1. The summed E-state index contributed by atoms with van der Waals surface area (Å²) in [6, 6.07) is 8.58. The summed E-state index contributed by atoms with van der Waals surface area (Å²) in [5, 5.41) is 2.83. The second kappa shape index (κ2) is 9.80. The molecule has 2 aromatic rings. The minimum atomic E-state index is -3.88. The fourth-order valence-corrected chi connectivity index (χ4v) is 3.70. The van der Waals surface area contributed by atoms with E-state index in [2.05, 4.69) is 5.32 Å². The van der Waals surface area contributed by atoms with Gasteiger partial charge in [0.15, 0.2) is 11.5 Å². The van der Waals surface area contributed by atoms with Crippen molar-refractivity contribution < 1.29 is 27.1 Å². The lowest BCUT2D eigenvalue weighted by Crippen LogP contribution is -2.35. The van der Waals surface area contributed by atoms with Crippen LogP contribution in [0.3, 0.4) is 0 Å². The number of halogens is 1. The van der Waals surface area contributed by atoms with Crippen LogP contribution in [0.1, 0.15) is 36.2 Å². The largest absolute Gasteiger partial charge is 0.493 e. The molecule has 0 saturated heterocycles. The standard InChI is InChI=1S/C21H27FN2O5S/c1-6-14(2)23-21(25)16-11-19(28-3)20(29-4)12-18(16)24(30(5,26)27)13-15-9-7-8-10-17(15)22/h7-12,14H,6,13H2,1-5H3,(H,23,25). The molecule has 164 valence electrons. The van der Waals surface area contributed by atoms with Gasteiger partial charge in [-0.3, -0.25) is 9.10 Å². The van der Waals surface area contributed by atoms with Crippen LogP contribution >= 0.6 is 0 Å². The molecule has 0 aromatic heterocycles. The van der Waals surface area contributed by atoms with Gasteiger partial charge in [0.05, 0.1) is 38.3 Å². The Bertz CT molecular complexity index is 1010. The second-order valence-electron chi connectivity index (χ2n) is 6.87. The van der Waals surface area contributed by atoms with Gasteiger partial charge in [-0.2, -0.15) is 0 Å². The Morgan fingerprint density at radius 3 is 2.30 bits per heavy atom. The average molecular weight is 439 g/mol. The first-order valence-electron chi connectivity index (χ1n) is 9.40. The number of hydrogen-bond acceptors (Lipinski definition) is 5. The number of benzene rings is 2. The first kappa shape index (κ1) is 23.5. The predicted octanol–water partition coefficient (Wildman–Crippen LogP) is 3.34. The fraction of sp³-hybridized carbons (Fsp3) is 0.381. The van der Waals surface area contributed by atoms with E-state index in [1.807, 2.05) is 13.8 Å². The maximum Gasteiger partial charge on any atom is 0.253 e. The molecule has 7 nitrogen and oxygen atoms in total. The molecule has 0 saturated carbocycles. The molecule has 0 aliphatic rings. The number of carbonyl (C=O) groups is 1. The number of nitrogens with one attached hydrogen (secondary N) is 1. The number of methoxy groups -OCH3 is 2. The van der Waals surface area contributed by atoms with Gasteiger partial charge in [-0.05, 0) is 25.5 Å². The molecule has 0 fully saturated rings. The molecular formula is C21H27FN2O5S. The SMILES string of the molecule is CCC(C)NC(=O)c1cc(OC)c(OC)cc1N(Cc1ccccc1F)S(C)(=O)=O. The third kappa shape index (κ3) is 5.41. The van der Waals surface area contributed by atoms with Crippen LogP contribution in [0, 0.1) is 5.82 Å². The van der Waals surface area contributed by atoms with Crippen molar-refractivity contribution in [2.45, 2.75) is 32.9 Å². The minimum absolute atomic E-state index is 0.0687. The fourth-order valence-electron chi connectivity index (χ4n) is 2.82. The van der Waals surface area contributed by atoms with Crippen LogP contribution in [0.2, 0.25) is 0 Å². The summed E-state index contributed by atoms with van der Waals surface area (Å²) in [5.41, 5.74) is 0.319. The number of amides is 1. The van der Waals surface area contributed by atoms with Crippen LogP contribution < -0.4 is 19.1 Å². The van der Waals surface area contributed by atoms with E-state index in [9.17, 15) is 17.6 Å². The molecule has 0 aliphatic carbocycles. The third-order valence-corrected chi connectivity index (χ3v) is 5.80. The molecule has 2 rings (SSSR count). The molecule has 9 heteroatoms. The van der Waals surface area contributed by atoms with Crippen LogP contribution in [-0.4, -0.2) is 40.8 Å². The molecule has 0 heterocycles. The molecule has 1 atom stereocenters. The zero-order chi connectivity index (χ0) is 22.5. The van der Waals surface area contributed by atoms with Crippen molar-refractivity contribution >= 4 is 21.6 Å². The van der Waals surface area contributed by atoms with Crippen molar-refractivity contribution in [3.63, 3.8) is 0 Å². The van der Waals surface area contributed by atoms with Gasteiger partial charge in [0.1, 0.15) is 5.82 Å². The van der Waals surface area contributed by atoms with Gasteiger partial charge in [0.2, 0.25) is 10.0 Å². The zero-order valence-corrected chi connectivity index (χ0v) is 18.5. The van der Waals surface area contributed by atoms with E-state index in [4.69, 9.17) is 9.47 Å². The Labute approximate surface area is 176 Å². The number of carbonyl (C=O) groups excluding carboxylic acids is 1. The summed E-state index contributed by atoms with van der Waals surface area (Å²) in [6.45, 7) is 3.47. The van der Waals surface area contributed by atoms with E-state index in [1.54, 1.807) is 6.07 Å². The van der Waals surface area contributed by atoms with Crippen molar-refractivity contribution in [3.8, 4) is 11.5 Å². The summed E-state index contributed by atoms with van der Waals surface area (Å²) < 4.78 is 51.1. The quantitative estimate of drug-likeness (QED) is 0.649. The van der Waals surface area contributed by atoms with Crippen molar-refractivity contribution in [2.75, 3.05) is 24.8 Å². The smallest absolute Gasteiger partial charge is 0.253 e. The summed E-state index contributed by atoms with van der Waals surface area (Å²) in [7, 11) is -1.05. The van der Waals surface area contributed by atoms with Crippen LogP contribution in [-0.2, 0) is 16.6 Å². The number of ether oxygens (including phenoxy) is 2. The van der Waals surface area contributed by atoms with Crippen molar-refractivity contribution in [2.24, 2.45) is 0 Å². The highest BCUT2D eigenvalue weighted by atomic mass is 32.2. The molecule has 0 aliphatic heterocycles. The number of rotatable bonds is 9. The van der Waals surface area contributed by atoms with Crippen molar-refractivity contribution in [1.29, 1.82) is 0 Å². The highest BCUT2D eigenvalue weighted by Gasteiger charge is 2.27. The lowest BCUT2D eigenvalue weighted by Gasteiger charge is -2.26. The average Bonchev–Trinajstić information content (AvgIpc) is 2.71. The topological polar surface area (TPSA) is 84.9 Å². The van der Waals surface area contributed by atoms with E-state index in [1.165, 1.54) is 44.6 Å². The maximum atomic E-state index is 14.2. The number of sulfonamides is 1. The van der Waals surface area contributed by atoms with Gasteiger partial charge in [-0.25, -0.2) is 12.8 Å². The van der Waals surface area contributed by atoms with Gasteiger partial charge in [-0.15, -0.1) is 0 Å². The molecule has 1 N–H and O–H groups in total. The van der Waals surface area contributed by atoms with Crippen molar-refractivity contribution in [1.82, 2.24) is 5.32 Å². The molecule has 1 amide bonds. The van der Waals surface area contributed by atoms with Gasteiger partial charge in [-0.1, -0.05) is 25.1 Å². The summed E-state index contributed by atoms with van der Waals surface area (Å²) in [6.07, 6.45) is 1.69. The van der Waals surface area contributed by atoms with E-state index in [-0.39, 0.29) is 40.9 Å². The highest BCUT2D eigenvalue weighted by Crippen LogP contribution is 2.37. The third-order valence-electron chi connectivity index (χ3n) is 4.68. The molecule has 0 bridgehead atoms. The molecular weight excluding hydrogens is 411 g/mol. The Morgan fingerprint density at radius 1 is 1.17 bits per heavy atom. The van der Waals surface area contributed by atoms with Gasteiger partial charge >= 0.3 is 0 Å². The predicted molar refractivity (Wildman–Crippen MR) is 114 cm³/mol. The number of hydrogen-bond donors (Lipinski definition) is 1. The highest BCUT2D eigenvalue weighted by molar-refractivity contribution is 7.92. The molecule has 0 radical (unpaired) electrons. The Morgan fingerprint density at radius 2 is 1.77 bits per heavy atom. The summed E-state index contributed by atoms with van der Waals surface area (Å²) >= 11 is 0. The van der Waals surface area contributed by atoms with E-state index >= 15 is 0 Å². The van der Waals surface area contributed by atoms with E-state index < -0.39 is 21.7 Å². The first-order valence-corrected chi connectivity index (χ1v) is 11.2. The van der Waals surface area contributed by atoms with Gasteiger partial charge in [0.25, 0.3) is 5.91 Å². The first-order chi connectivity index (χ1) is 14.1. The molecule has 2 aromatic carbocycles. The lowest BCUT2D eigenvalue weighted by molar-refractivity contribution is 0.0939. The van der Waals surface area contributed by atoms with Crippen LogP contribution in [0.15, 0.2) is 36.4 Å². The van der Waals surface area contributed by atoms with Crippen LogP contribution in [0.5, 0.6) is 11.5 Å². The monoisotopic (exact) mass is 438 g/mol. The van der Waals surface area contributed by atoms with E-state index in [0.717, 1.165) is 10.6 Å².